The molecule has 1 unspecified atom stereocenters. The van der Waals surface area contributed by atoms with Gasteiger partial charge < -0.3 is 9.84 Å². The number of aliphatic carboxylic acids is 1. The molecule has 0 aromatic heterocycles. The Kier molecular flexibility index (Phi) is 5.04. The minimum Gasteiger partial charge on any atom is -0.489 e. The Balaban J connectivity index is 2.51. The molecule has 1 aliphatic carbocycles. The predicted octanol–water partition coefficient (Wildman–Crippen LogP) is 2.56. The molecule has 1 amide bonds. The van der Waals surface area contributed by atoms with Crippen molar-refractivity contribution in [3.05, 3.63) is 23.8 Å². The topological polar surface area (TPSA) is 90.6 Å². The number of nitrogens with zero attached hydrogens (tertiary/aromatic N) is 2. The first-order valence-corrected chi connectivity index (χ1v) is 7.92. The first kappa shape index (κ1) is 18.4. The molecule has 1 saturated carbocycles. The van der Waals surface area contributed by atoms with Gasteiger partial charge in [0.15, 0.2) is 0 Å². The molecule has 25 heavy (non-hydrogen) atoms. The van der Waals surface area contributed by atoms with Gasteiger partial charge in [0.25, 0.3) is 0 Å². The maximum Gasteiger partial charge on any atom is 0.327 e. The molecule has 2 rings (SSSR count). The summed E-state index contributed by atoms with van der Waals surface area (Å²) >= 11 is 0. The number of terminal acetylenes is 1. The molecule has 0 radical (unpaired) electrons. The fourth-order valence-corrected chi connectivity index (χ4v) is 2.54. The van der Waals surface area contributed by atoms with Crippen LogP contribution in [0.5, 0.6) is 5.75 Å². The maximum atomic E-state index is 12.3. The summed E-state index contributed by atoms with van der Waals surface area (Å²) in [4.78, 5) is 25.1. The summed E-state index contributed by atoms with van der Waals surface area (Å²) in [6.07, 6.45) is 7.24. The molecule has 1 N–H and O–H groups in total. The van der Waals surface area contributed by atoms with Crippen LogP contribution in [0.2, 0.25) is 0 Å². The van der Waals surface area contributed by atoms with Crippen molar-refractivity contribution in [1.82, 2.24) is 0 Å². The van der Waals surface area contributed by atoms with Crippen molar-refractivity contribution in [1.29, 1.82) is 5.26 Å². The van der Waals surface area contributed by atoms with Gasteiger partial charge in [-0.05, 0) is 42.4 Å². The second-order valence-corrected chi connectivity index (χ2v) is 7.04. The number of carboxylic acid groups (broad SMARTS) is 1. The van der Waals surface area contributed by atoms with E-state index < -0.39 is 23.3 Å². The largest absolute Gasteiger partial charge is 0.489 e. The zero-order valence-corrected chi connectivity index (χ0v) is 14.4. The van der Waals surface area contributed by atoms with Crippen molar-refractivity contribution < 1.29 is 19.4 Å². The number of hydrogen-bond acceptors (Lipinski definition) is 4. The highest BCUT2D eigenvalue weighted by molar-refractivity contribution is 6.09. The SMILES string of the molecule is C#CC(=O)N(c1ccc(OC2CC2)c(C#N)c1)C(C(=O)O)C(C)(C)C. The van der Waals surface area contributed by atoms with E-state index in [2.05, 4.69) is 0 Å². The summed E-state index contributed by atoms with van der Waals surface area (Å²) < 4.78 is 5.66. The first-order valence-electron chi connectivity index (χ1n) is 7.92. The summed E-state index contributed by atoms with van der Waals surface area (Å²) in [5.41, 5.74) is -0.281. The fourth-order valence-electron chi connectivity index (χ4n) is 2.54. The van der Waals surface area contributed by atoms with E-state index in [4.69, 9.17) is 11.2 Å². The van der Waals surface area contributed by atoms with E-state index in [1.165, 1.54) is 6.07 Å². The van der Waals surface area contributed by atoms with Crippen molar-refractivity contribution in [2.24, 2.45) is 5.41 Å². The van der Waals surface area contributed by atoms with E-state index in [-0.39, 0.29) is 17.4 Å². The van der Waals surface area contributed by atoms with Crippen LogP contribution in [0.25, 0.3) is 0 Å². The van der Waals surface area contributed by atoms with Crippen molar-refractivity contribution >= 4 is 17.6 Å². The summed E-state index contributed by atoms with van der Waals surface area (Å²) in [6, 6.07) is 5.41. The van der Waals surface area contributed by atoms with Gasteiger partial charge in [0.2, 0.25) is 0 Å². The Morgan fingerprint density at radius 1 is 1.40 bits per heavy atom. The number of carbonyl (C=O) groups excluding carboxylic acids is 1. The molecule has 6 nitrogen and oxygen atoms in total. The highest BCUT2D eigenvalue weighted by Crippen LogP contribution is 2.34. The zero-order valence-electron chi connectivity index (χ0n) is 14.4. The Bertz CT molecular complexity index is 776. The van der Waals surface area contributed by atoms with E-state index >= 15 is 0 Å². The van der Waals surface area contributed by atoms with Gasteiger partial charge in [0.1, 0.15) is 17.9 Å². The second-order valence-electron chi connectivity index (χ2n) is 7.04. The number of rotatable bonds is 5. The number of benzene rings is 1. The molecular weight excluding hydrogens is 320 g/mol. The molecular formula is C19H20N2O4. The van der Waals surface area contributed by atoms with Crippen molar-refractivity contribution in [3.8, 4) is 24.2 Å². The monoisotopic (exact) mass is 340 g/mol. The quantitative estimate of drug-likeness (QED) is 0.832. The van der Waals surface area contributed by atoms with Crippen LogP contribution in [0.3, 0.4) is 0 Å². The molecule has 0 bridgehead atoms. The van der Waals surface area contributed by atoms with Crippen molar-refractivity contribution in [2.45, 2.75) is 45.8 Å². The van der Waals surface area contributed by atoms with Crippen LogP contribution in [0.15, 0.2) is 18.2 Å². The minimum atomic E-state index is -1.18. The van der Waals surface area contributed by atoms with E-state index in [0.29, 0.717) is 5.75 Å². The maximum absolute atomic E-state index is 12.3. The minimum absolute atomic E-state index is 0.114. The van der Waals surface area contributed by atoms with Crippen LogP contribution >= 0.6 is 0 Å². The van der Waals surface area contributed by atoms with Crippen LogP contribution in [0.1, 0.15) is 39.2 Å². The Morgan fingerprint density at radius 2 is 2.04 bits per heavy atom. The molecule has 1 aliphatic rings. The number of carboxylic acids is 1. The molecule has 1 aromatic rings. The number of nitriles is 1. The predicted molar refractivity (Wildman–Crippen MR) is 92.0 cm³/mol. The van der Waals surface area contributed by atoms with Crippen LogP contribution in [-0.4, -0.2) is 29.1 Å². The van der Waals surface area contributed by atoms with E-state index in [1.54, 1.807) is 32.9 Å². The van der Waals surface area contributed by atoms with Gasteiger partial charge in [-0.3, -0.25) is 9.69 Å². The van der Waals surface area contributed by atoms with Crippen LogP contribution < -0.4 is 9.64 Å². The summed E-state index contributed by atoms with van der Waals surface area (Å²) in [7, 11) is 0. The molecule has 1 aromatic carbocycles. The highest BCUT2D eigenvalue weighted by atomic mass is 16.5. The van der Waals surface area contributed by atoms with Crippen molar-refractivity contribution in [3.63, 3.8) is 0 Å². The number of anilines is 1. The van der Waals surface area contributed by atoms with Gasteiger partial charge in [-0.1, -0.05) is 20.8 Å². The standard InChI is InChI=1S/C19H20N2O4/c1-5-16(22)21(17(18(23)24)19(2,3)4)13-6-9-15(12(10-13)11-20)25-14-7-8-14/h1,6,9-10,14,17H,7-8H2,2-4H3,(H,23,24). The average molecular weight is 340 g/mol. The average Bonchev–Trinajstić information content (AvgIpc) is 3.34. The lowest BCUT2D eigenvalue weighted by Gasteiger charge is -2.36. The second kappa shape index (κ2) is 6.86. The van der Waals surface area contributed by atoms with Gasteiger partial charge >= 0.3 is 11.9 Å². The number of carbonyl (C=O) groups is 2. The number of ether oxygens (including phenoxy) is 1. The third kappa shape index (κ3) is 4.10. The summed E-state index contributed by atoms with van der Waals surface area (Å²) in [5, 5.41) is 19.0. The molecule has 0 saturated heterocycles. The Hall–Kier alpha value is -2.99. The first-order chi connectivity index (χ1) is 11.7. The van der Waals surface area contributed by atoms with Crippen LogP contribution in [0.4, 0.5) is 5.69 Å². The van der Waals surface area contributed by atoms with Gasteiger partial charge in [0, 0.05) is 5.69 Å². The molecule has 130 valence electrons. The highest BCUT2D eigenvalue weighted by Gasteiger charge is 2.40. The molecule has 1 fully saturated rings. The lowest BCUT2D eigenvalue weighted by Crippen LogP contribution is -2.52. The van der Waals surface area contributed by atoms with E-state index in [0.717, 1.165) is 17.7 Å². The number of amides is 1. The van der Waals surface area contributed by atoms with Crippen molar-refractivity contribution in [2.75, 3.05) is 4.90 Å². The smallest absolute Gasteiger partial charge is 0.327 e. The number of hydrogen-bond donors (Lipinski definition) is 1. The Labute approximate surface area is 147 Å². The molecule has 6 heteroatoms. The molecule has 1 atom stereocenters. The van der Waals surface area contributed by atoms with Gasteiger partial charge in [-0.2, -0.15) is 5.26 Å². The normalized spacial score (nSPS) is 14.8. The fraction of sp³-hybridized carbons (Fsp3) is 0.421. The van der Waals surface area contributed by atoms with Gasteiger partial charge in [0.05, 0.1) is 11.7 Å². The lowest BCUT2D eigenvalue weighted by atomic mass is 9.85. The zero-order chi connectivity index (χ0) is 18.8. The Morgan fingerprint density at radius 3 is 2.48 bits per heavy atom. The van der Waals surface area contributed by atoms with Gasteiger partial charge in [-0.25, -0.2) is 4.79 Å². The molecule has 0 heterocycles. The third-order valence-corrected chi connectivity index (χ3v) is 3.83. The van der Waals surface area contributed by atoms with Crippen LogP contribution in [-0.2, 0) is 9.59 Å². The molecule has 0 spiro atoms. The van der Waals surface area contributed by atoms with Gasteiger partial charge in [-0.15, -0.1) is 6.42 Å². The summed E-state index contributed by atoms with van der Waals surface area (Å²) in [5.74, 6) is 0.447. The van der Waals surface area contributed by atoms with E-state index in [9.17, 15) is 20.0 Å². The molecule has 0 aliphatic heterocycles. The summed E-state index contributed by atoms with van der Waals surface area (Å²) in [6.45, 7) is 5.12. The van der Waals surface area contributed by atoms with Crippen LogP contribution in [0, 0.1) is 29.1 Å². The third-order valence-electron chi connectivity index (χ3n) is 3.83. The van der Waals surface area contributed by atoms with E-state index in [1.807, 2.05) is 12.0 Å². The lowest BCUT2D eigenvalue weighted by molar-refractivity contribution is -0.142.